The first-order valence-corrected chi connectivity index (χ1v) is 10.2. The third kappa shape index (κ3) is 4.75. The van der Waals surface area contributed by atoms with Gasteiger partial charge < -0.3 is 14.6 Å². The maximum Gasteiger partial charge on any atom is 0.257 e. The molecule has 1 heterocycles. The molecule has 1 saturated carbocycles. The standard InChI is InChI=1S/C23H29N3O2/c1-17-15-22(18(2)26(17)20-10-4-3-5-11-20)23(27)25-19-9-8-12-21(16-19)28-14-7-6-13-24/h8-9,12,15-16,20H,3-7,10-11,14H2,1-2H3,(H,25,27). The SMILES string of the molecule is Cc1cc(C(=O)Nc2cccc(OCCCC#N)c2)c(C)n1C1CCCCC1. The van der Waals surface area contributed by atoms with E-state index < -0.39 is 0 Å². The van der Waals surface area contributed by atoms with Gasteiger partial charge in [0, 0.05) is 35.6 Å². The van der Waals surface area contributed by atoms with Crippen LogP contribution in [-0.2, 0) is 0 Å². The Labute approximate surface area is 167 Å². The number of amides is 1. The molecule has 1 N–H and O–H groups in total. The highest BCUT2D eigenvalue weighted by atomic mass is 16.5. The maximum atomic E-state index is 12.9. The number of ether oxygens (including phenoxy) is 1. The monoisotopic (exact) mass is 379 g/mol. The van der Waals surface area contributed by atoms with E-state index in [4.69, 9.17) is 10.00 Å². The average Bonchev–Trinajstić information content (AvgIpc) is 3.00. The zero-order chi connectivity index (χ0) is 19.9. The molecular formula is C23H29N3O2. The van der Waals surface area contributed by atoms with E-state index in [2.05, 4.69) is 22.9 Å². The fourth-order valence-electron chi connectivity index (χ4n) is 4.11. The van der Waals surface area contributed by atoms with Crippen molar-refractivity contribution in [3.05, 3.63) is 47.3 Å². The molecule has 148 valence electrons. The van der Waals surface area contributed by atoms with Crippen LogP contribution in [0.2, 0.25) is 0 Å². The summed E-state index contributed by atoms with van der Waals surface area (Å²) in [6.07, 6.45) is 7.42. The Hall–Kier alpha value is -2.74. The molecule has 1 fully saturated rings. The summed E-state index contributed by atoms with van der Waals surface area (Å²) in [5, 5.41) is 11.6. The number of anilines is 1. The molecule has 1 aromatic carbocycles. The smallest absolute Gasteiger partial charge is 0.257 e. The third-order valence-corrected chi connectivity index (χ3v) is 5.46. The number of nitriles is 1. The molecule has 0 saturated heterocycles. The Morgan fingerprint density at radius 1 is 1.25 bits per heavy atom. The summed E-state index contributed by atoms with van der Waals surface area (Å²) in [5.41, 5.74) is 3.66. The van der Waals surface area contributed by atoms with Gasteiger partial charge in [0.15, 0.2) is 0 Å². The number of aryl methyl sites for hydroxylation is 1. The highest BCUT2D eigenvalue weighted by molar-refractivity contribution is 6.05. The van der Waals surface area contributed by atoms with Crippen LogP contribution in [0.25, 0.3) is 0 Å². The highest BCUT2D eigenvalue weighted by Crippen LogP contribution is 2.32. The van der Waals surface area contributed by atoms with Crippen LogP contribution >= 0.6 is 0 Å². The first kappa shape index (κ1) is 20.0. The lowest BCUT2D eigenvalue weighted by Crippen LogP contribution is -2.17. The van der Waals surface area contributed by atoms with E-state index in [-0.39, 0.29) is 5.91 Å². The van der Waals surface area contributed by atoms with Gasteiger partial charge in [0.1, 0.15) is 5.75 Å². The summed E-state index contributed by atoms with van der Waals surface area (Å²) >= 11 is 0. The van der Waals surface area contributed by atoms with Crippen molar-refractivity contribution in [1.29, 1.82) is 5.26 Å². The van der Waals surface area contributed by atoms with E-state index in [1.54, 1.807) is 0 Å². The second kappa shape index (κ2) is 9.45. The Morgan fingerprint density at radius 3 is 2.79 bits per heavy atom. The lowest BCUT2D eigenvalue weighted by molar-refractivity contribution is 0.102. The van der Waals surface area contributed by atoms with Crippen LogP contribution in [0.5, 0.6) is 5.75 Å². The summed E-state index contributed by atoms with van der Waals surface area (Å²) in [4.78, 5) is 12.9. The van der Waals surface area contributed by atoms with Crippen molar-refractivity contribution in [3.63, 3.8) is 0 Å². The van der Waals surface area contributed by atoms with E-state index in [0.717, 1.165) is 17.0 Å². The second-order valence-corrected chi connectivity index (χ2v) is 7.54. The normalized spacial score (nSPS) is 14.5. The number of aromatic nitrogens is 1. The van der Waals surface area contributed by atoms with Gasteiger partial charge in [-0.2, -0.15) is 5.26 Å². The van der Waals surface area contributed by atoms with E-state index in [9.17, 15) is 4.79 Å². The van der Waals surface area contributed by atoms with E-state index in [1.807, 2.05) is 37.3 Å². The van der Waals surface area contributed by atoms with Gasteiger partial charge in [0.2, 0.25) is 0 Å². The fraction of sp³-hybridized carbons (Fsp3) is 0.478. The zero-order valence-corrected chi connectivity index (χ0v) is 16.8. The predicted molar refractivity (Wildman–Crippen MR) is 111 cm³/mol. The fourth-order valence-corrected chi connectivity index (χ4v) is 4.11. The van der Waals surface area contributed by atoms with Gasteiger partial charge in [0.25, 0.3) is 5.91 Å². The van der Waals surface area contributed by atoms with Crippen molar-refractivity contribution >= 4 is 11.6 Å². The zero-order valence-electron chi connectivity index (χ0n) is 16.8. The molecule has 0 bridgehead atoms. The van der Waals surface area contributed by atoms with Crippen LogP contribution in [0.3, 0.4) is 0 Å². The van der Waals surface area contributed by atoms with Crippen molar-refractivity contribution in [2.24, 2.45) is 0 Å². The summed E-state index contributed by atoms with van der Waals surface area (Å²) in [6.45, 7) is 4.63. The lowest BCUT2D eigenvalue weighted by atomic mass is 9.95. The van der Waals surface area contributed by atoms with E-state index >= 15 is 0 Å². The van der Waals surface area contributed by atoms with E-state index in [0.29, 0.717) is 36.9 Å². The molecule has 5 nitrogen and oxygen atoms in total. The maximum absolute atomic E-state index is 12.9. The molecular weight excluding hydrogens is 350 g/mol. The Morgan fingerprint density at radius 2 is 2.04 bits per heavy atom. The number of nitrogens with one attached hydrogen (secondary N) is 1. The number of nitrogens with zero attached hydrogens (tertiary/aromatic N) is 2. The number of unbranched alkanes of at least 4 members (excludes halogenated alkanes) is 1. The molecule has 1 aliphatic carbocycles. The molecule has 1 aliphatic rings. The van der Waals surface area contributed by atoms with Crippen molar-refractivity contribution in [3.8, 4) is 11.8 Å². The van der Waals surface area contributed by atoms with E-state index in [1.165, 1.54) is 32.1 Å². The van der Waals surface area contributed by atoms with Crippen LogP contribution < -0.4 is 10.1 Å². The summed E-state index contributed by atoms with van der Waals surface area (Å²) in [7, 11) is 0. The number of hydrogen-bond acceptors (Lipinski definition) is 3. The molecule has 0 aliphatic heterocycles. The van der Waals surface area contributed by atoms with Crippen molar-refractivity contribution in [2.45, 2.75) is 64.8 Å². The van der Waals surface area contributed by atoms with Crippen molar-refractivity contribution < 1.29 is 9.53 Å². The molecule has 1 amide bonds. The van der Waals surface area contributed by atoms with Crippen LogP contribution in [0.4, 0.5) is 5.69 Å². The molecule has 3 rings (SSSR count). The predicted octanol–water partition coefficient (Wildman–Crippen LogP) is 5.55. The molecule has 0 spiro atoms. The lowest BCUT2D eigenvalue weighted by Gasteiger charge is -2.26. The van der Waals surface area contributed by atoms with Crippen LogP contribution in [0.1, 0.15) is 72.7 Å². The minimum absolute atomic E-state index is 0.0863. The van der Waals surface area contributed by atoms with Crippen LogP contribution in [0, 0.1) is 25.2 Å². The molecule has 28 heavy (non-hydrogen) atoms. The quantitative estimate of drug-likeness (QED) is 0.642. The van der Waals surface area contributed by atoms with Crippen LogP contribution in [-0.4, -0.2) is 17.1 Å². The minimum Gasteiger partial charge on any atom is -0.493 e. The van der Waals surface area contributed by atoms with Crippen molar-refractivity contribution in [2.75, 3.05) is 11.9 Å². The Balaban J connectivity index is 1.69. The topological polar surface area (TPSA) is 67.0 Å². The number of benzene rings is 1. The number of hydrogen-bond donors (Lipinski definition) is 1. The van der Waals surface area contributed by atoms with Crippen LogP contribution in [0.15, 0.2) is 30.3 Å². The average molecular weight is 380 g/mol. The first-order chi connectivity index (χ1) is 13.6. The van der Waals surface area contributed by atoms with Gasteiger partial charge in [-0.15, -0.1) is 0 Å². The molecule has 0 atom stereocenters. The van der Waals surface area contributed by atoms with Gasteiger partial charge in [-0.25, -0.2) is 0 Å². The van der Waals surface area contributed by atoms with Crippen molar-refractivity contribution in [1.82, 2.24) is 4.57 Å². The summed E-state index contributed by atoms with van der Waals surface area (Å²) in [6, 6.07) is 12.0. The molecule has 2 aromatic rings. The highest BCUT2D eigenvalue weighted by Gasteiger charge is 2.22. The molecule has 0 unspecified atom stereocenters. The summed E-state index contributed by atoms with van der Waals surface area (Å²) < 4.78 is 8.01. The molecule has 5 heteroatoms. The Kier molecular flexibility index (Phi) is 6.76. The second-order valence-electron chi connectivity index (χ2n) is 7.54. The first-order valence-electron chi connectivity index (χ1n) is 10.2. The third-order valence-electron chi connectivity index (χ3n) is 5.46. The number of carbonyl (C=O) groups excluding carboxylic acids is 1. The van der Waals surface area contributed by atoms with Gasteiger partial charge in [-0.3, -0.25) is 4.79 Å². The number of rotatable bonds is 7. The van der Waals surface area contributed by atoms with Gasteiger partial charge in [-0.05, 0) is 51.3 Å². The summed E-state index contributed by atoms with van der Waals surface area (Å²) in [5.74, 6) is 0.611. The van der Waals surface area contributed by atoms with Gasteiger partial charge in [-0.1, -0.05) is 25.3 Å². The van der Waals surface area contributed by atoms with Gasteiger partial charge >= 0.3 is 0 Å². The van der Waals surface area contributed by atoms with Gasteiger partial charge in [0.05, 0.1) is 18.2 Å². The largest absolute Gasteiger partial charge is 0.493 e. The Bertz CT molecular complexity index is 857. The molecule has 1 aromatic heterocycles. The number of carbonyl (C=O) groups is 1. The minimum atomic E-state index is -0.0863. The molecule has 0 radical (unpaired) electrons.